The van der Waals surface area contributed by atoms with E-state index in [1.807, 2.05) is 30.3 Å². The number of carboxylic acid groups (broad SMARTS) is 2. The largest absolute Gasteiger partial charge is 0.481 e. The Balaban J connectivity index is 2.45. The fourth-order valence-electron chi connectivity index (χ4n) is 2.73. The quantitative estimate of drug-likeness (QED) is 0.883. The molecule has 4 nitrogen and oxygen atoms in total. The zero-order chi connectivity index (χ0) is 14.8. The second-order valence-corrected chi connectivity index (χ2v) is 5.17. The molecule has 0 amide bonds. The average Bonchev–Trinajstić information content (AvgIpc) is 2.38. The van der Waals surface area contributed by atoms with E-state index in [0.717, 1.165) is 5.56 Å². The highest BCUT2D eigenvalue weighted by Gasteiger charge is 2.44. The fraction of sp³-hybridized carbons (Fsp3) is 0.250. The number of carbonyl (C=O) groups is 2. The van der Waals surface area contributed by atoms with Gasteiger partial charge < -0.3 is 10.2 Å². The van der Waals surface area contributed by atoms with Gasteiger partial charge in [0.1, 0.15) is 0 Å². The van der Waals surface area contributed by atoms with Crippen molar-refractivity contribution in [1.82, 2.24) is 0 Å². The third-order valence-electron chi connectivity index (χ3n) is 3.78. The molecule has 2 rings (SSSR count). The predicted octanol–water partition coefficient (Wildman–Crippen LogP) is 2.52. The maximum absolute atomic E-state index is 11.5. The second-order valence-electron chi connectivity index (χ2n) is 5.17. The van der Waals surface area contributed by atoms with Gasteiger partial charge in [-0.25, -0.2) is 4.79 Å². The van der Waals surface area contributed by atoms with Crippen LogP contribution in [0.25, 0.3) is 0 Å². The van der Waals surface area contributed by atoms with E-state index >= 15 is 0 Å². The summed E-state index contributed by atoms with van der Waals surface area (Å²) in [5, 5.41) is 18.7. The Bertz CT molecular complexity index is 586. The van der Waals surface area contributed by atoms with E-state index in [4.69, 9.17) is 0 Å². The molecule has 0 radical (unpaired) electrons. The van der Waals surface area contributed by atoms with Gasteiger partial charge >= 0.3 is 11.9 Å². The zero-order valence-corrected chi connectivity index (χ0v) is 11.1. The molecule has 2 unspecified atom stereocenters. The van der Waals surface area contributed by atoms with Crippen molar-refractivity contribution in [1.29, 1.82) is 0 Å². The number of hydrogen-bond acceptors (Lipinski definition) is 2. The molecule has 0 bridgehead atoms. The first-order valence-corrected chi connectivity index (χ1v) is 6.34. The number of allylic oxidation sites excluding steroid dienone is 2. The molecule has 20 heavy (non-hydrogen) atoms. The van der Waals surface area contributed by atoms with Crippen LogP contribution in [0.5, 0.6) is 0 Å². The molecular formula is C16H16O4. The van der Waals surface area contributed by atoms with Crippen LogP contribution in [-0.4, -0.2) is 22.2 Å². The molecule has 0 aliphatic heterocycles. The summed E-state index contributed by atoms with van der Waals surface area (Å²) in [6.45, 7) is 1.70. The predicted molar refractivity (Wildman–Crippen MR) is 74.2 cm³/mol. The molecule has 0 heterocycles. The number of carboxylic acids is 2. The first kappa shape index (κ1) is 14.1. The fourth-order valence-corrected chi connectivity index (χ4v) is 2.73. The molecule has 1 aromatic carbocycles. The first-order chi connectivity index (χ1) is 9.45. The van der Waals surface area contributed by atoms with Gasteiger partial charge in [0.15, 0.2) is 0 Å². The molecule has 0 fully saturated rings. The summed E-state index contributed by atoms with van der Waals surface area (Å²) in [6, 6.07) is 9.34. The number of rotatable bonds is 4. The van der Waals surface area contributed by atoms with E-state index in [9.17, 15) is 19.8 Å². The van der Waals surface area contributed by atoms with E-state index in [-0.39, 0.29) is 5.57 Å². The minimum absolute atomic E-state index is 0.135. The molecule has 0 saturated heterocycles. The summed E-state index contributed by atoms with van der Waals surface area (Å²) in [5.41, 5.74) is 0.0910. The lowest BCUT2D eigenvalue weighted by Gasteiger charge is -2.36. The van der Waals surface area contributed by atoms with E-state index < -0.39 is 23.3 Å². The van der Waals surface area contributed by atoms with Gasteiger partial charge in [0.25, 0.3) is 0 Å². The van der Waals surface area contributed by atoms with Crippen LogP contribution in [0.1, 0.15) is 12.5 Å². The van der Waals surface area contributed by atoms with Gasteiger partial charge in [0, 0.05) is 11.0 Å². The van der Waals surface area contributed by atoms with Gasteiger partial charge in [-0.05, 0) is 12.0 Å². The minimum Gasteiger partial charge on any atom is -0.481 e. The summed E-state index contributed by atoms with van der Waals surface area (Å²) in [5.74, 6) is -2.93. The van der Waals surface area contributed by atoms with Crippen molar-refractivity contribution in [2.45, 2.75) is 13.3 Å². The summed E-state index contributed by atoms with van der Waals surface area (Å²) in [7, 11) is 0. The third kappa shape index (κ3) is 2.50. The van der Waals surface area contributed by atoms with Gasteiger partial charge in [0.05, 0.1) is 5.92 Å². The number of aliphatic carboxylic acids is 2. The SMILES string of the molecule is CC1(Cc2ccccc2)C(C(=O)O)=CC=CC1C(=O)O. The molecule has 0 aromatic heterocycles. The highest BCUT2D eigenvalue weighted by molar-refractivity contribution is 5.91. The molecule has 0 saturated carbocycles. The molecule has 1 aliphatic carbocycles. The monoisotopic (exact) mass is 272 g/mol. The van der Waals surface area contributed by atoms with Crippen molar-refractivity contribution in [3.8, 4) is 0 Å². The lowest BCUT2D eigenvalue weighted by Crippen LogP contribution is -2.39. The highest BCUT2D eigenvalue weighted by atomic mass is 16.4. The molecule has 1 aliphatic rings. The van der Waals surface area contributed by atoms with Crippen molar-refractivity contribution in [3.05, 3.63) is 59.7 Å². The van der Waals surface area contributed by atoms with Crippen LogP contribution in [0.3, 0.4) is 0 Å². The average molecular weight is 272 g/mol. The van der Waals surface area contributed by atoms with Crippen LogP contribution in [0.2, 0.25) is 0 Å². The third-order valence-corrected chi connectivity index (χ3v) is 3.78. The molecule has 2 N–H and O–H groups in total. The Morgan fingerprint density at radius 1 is 1.20 bits per heavy atom. The maximum Gasteiger partial charge on any atom is 0.332 e. The number of benzene rings is 1. The Morgan fingerprint density at radius 2 is 1.85 bits per heavy atom. The second kappa shape index (κ2) is 5.33. The summed E-state index contributed by atoms with van der Waals surface area (Å²) in [6.07, 6.45) is 4.92. The van der Waals surface area contributed by atoms with Crippen molar-refractivity contribution in [2.75, 3.05) is 0 Å². The topological polar surface area (TPSA) is 74.6 Å². The Labute approximate surface area is 117 Å². The molecule has 1 aromatic rings. The van der Waals surface area contributed by atoms with Crippen molar-refractivity contribution >= 4 is 11.9 Å². The Morgan fingerprint density at radius 3 is 2.40 bits per heavy atom. The zero-order valence-electron chi connectivity index (χ0n) is 11.1. The van der Waals surface area contributed by atoms with Gasteiger partial charge in [-0.15, -0.1) is 0 Å². The van der Waals surface area contributed by atoms with E-state index in [0.29, 0.717) is 6.42 Å². The van der Waals surface area contributed by atoms with Crippen molar-refractivity contribution in [2.24, 2.45) is 11.3 Å². The maximum atomic E-state index is 11.5. The smallest absolute Gasteiger partial charge is 0.332 e. The molecule has 2 atom stereocenters. The van der Waals surface area contributed by atoms with E-state index in [2.05, 4.69) is 0 Å². The van der Waals surface area contributed by atoms with Crippen LogP contribution in [0.4, 0.5) is 0 Å². The standard InChI is InChI=1S/C16H16O4/c1-16(10-11-6-3-2-4-7-11)12(14(17)18)8-5-9-13(16)15(19)20/h2-9,12H,10H2,1H3,(H,17,18)(H,19,20). The Kier molecular flexibility index (Phi) is 3.74. The molecule has 4 heteroatoms. The Hall–Kier alpha value is -2.36. The van der Waals surface area contributed by atoms with Gasteiger partial charge in [0.2, 0.25) is 0 Å². The van der Waals surface area contributed by atoms with Crippen LogP contribution < -0.4 is 0 Å². The molecular weight excluding hydrogens is 256 g/mol. The lowest BCUT2D eigenvalue weighted by atomic mass is 9.65. The van der Waals surface area contributed by atoms with Crippen LogP contribution >= 0.6 is 0 Å². The van der Waals surface area contributed by atoms with Crippen molar-refractivity contribution in [3.63, 3.8) is 0 Å². The van der Waals surface area contributed by atoms with Crippen LogP contribution in [0.15, 0.2) is 54.1 Å². The summed E-state index contributed by atoms with van der Waals surface area (Å²) >= 11 is 0. The first-order valence-electron chi connectivity index (χ1n) is 6.34. The van der Waals surface area contributed by atoms with E-state index in [1.165, 1.54) is 12.2 Å². The number of hydrogen-bond donors (Lipinski definition) is 2. The van der Waals surface area contributed by atoms with E-state index in [1.54, 1.807) is 13.0 Å². The van der Waals surface area contributed by atoms with Gasteiger partial charge in [-0.2, -0.15) is 0 Å². The van der Waals surface area contributed by atoms with Gasteiger partial charge in [-0.3, -0.25) is 4.79 Å². The summed E-state index contributed by atoms with van der Waals surface area (Å²) < 4.78 is 0. The molecule has 0 spiro atoms. The summed E-state index contributed by atoms with van der Waals surface area (Å²) in [4.78, 5) is 22.9. The normalized spacial score (nSPS) is 25.1. The highest BCUT2D eigenvalue weighted by Crippen LogP contribution is 2.42. The lowest BCUT2D eigenvalue weighted by molar-refractivity contribution is -0.144. The van der Waals surface area contributed by atoms with Crippen LogP contribution in [-0.2, 0) is 16.0 Å². The van der Waals surface area contributed by atoms with Crippen LogP contribution in [0, 0.1) is 11.3 Å². The minimum atomic E-state index is -1.07. The molecule has 104 valence electrons. The van der Waals surface area contributed by atoms with Gasteiger partial charge in [-0.1, -0.05) is 55.5 Å². The van der Waals surface area contributed by atoms with Crippen molar-refractivity contribution < 1.29 is 19.8 Å².